The van der Waals surface area contributed by atoms with Gasteiger partial charge in [-0.05, 0) is 14.1 Å². The molecule has 0 aromatic carbocycles. The quantitative estimate of drug-likeness (QED) is 0.633. The van der Waals surface area contributed by atoms with Crippen molar-refractivity contribution in [2.24, 2.45) is 0 Å². The van der Waals surface area contributed by atoms with E-state index in [0.717, 1.165) is 0 Å². The predicted molar refractivity (Wildman–Crippen MR) is 46.3 cm³/mol. The number of hydrogen-bond acceptors (Lipinski definition) is 2. The van der Waals surface area contributed by atoms with Crippen LogP contribution in [0.3, 0.4) is 0 Å². The minimum absolute atomic E-state index is 0.318. The highest BCUT2D eigenvalue weighted by atomic mass is 35.5. The SMILES string of the molecule is CN(C)CC(O)CCl.[CH2]C. The van der Waals surface area contributed by atoms with E-state index in [4.69, 9.17) is 16.7 Å². The van der Waals surface area contributed by atoms with Crippen LogP contribution in [0.5, 0.6) is 0 Å². The maximum atomic E-state index is 8.85. The van der Waals surface area contributed by atoms with Crippen molar-refractivity contribution in [3.8, 4) is 0 Å². The molecule has 0 aliphatic carbocycles. The Kier molecular flexibility index (Phi) is 11.8. The molecule has 1 atom stereocenters. The van der Waals surface area contributed by atoms with Crippen molar-refractivity contribution < 1.29 is 5.11 Å². The maximum Gasteiger partial charge on any atom is 0.0801 e. The Balaban J connectivity index is 0. The van der Waals surface area contributed by atoms with Gasteiger partial charge in [0.25, 0.3) is 0 Å². The fraction of sp³-hybridized carbons (Fsp3) is 0.857. The molecule has 63 valence electrons. The summed E-state index contributed by atoms with van der Waals surface area (Å²) in [5.74, 6) is 0.318. The number of nitrogens with zero attached hydrogens (tertiary/aromatic N) is 1. The molecule has 0 aromatic heterocycles. The lowest BCUT2D eigenvalue weighted by Crippen LogP contribution is -2.26. The summed E-state index contributed by atoms with van der Waals surface area (Å²) in [6.45, 7) is 5.64. The Labute approximate surface area is 68.8 Å². The summed E-state index contributed by atoms with van der Waals surface area (Å²) in [4.78, 5) is 1.90. The number of hydrogen-bond donors (Lipinski definition) is 1. The third-order valence-corrected chi connectivity index (χ3v) is 1.11. The number of halogens is 1. The summed E-state index contributed by atoms with van der Waals surface area (Å²) in [5.41, 5.74) is 0. The van der Waals surface area contributed by atoms with Gasteiger partial charge >= 0.3 is 0 Å². The van der Waals surface area contributed by atoms with Gasteiger partial charge in [0.2, 0.25) is 0 Å². The van der Waals surface area contributed by atoms with Crippen molar-refractivity contribution in [2.75, 3.05) is 26.5 Å². The highest BCUT2D eigenvalue weighted by Gasteiger charge is 2.00. The van der Waals surface area contributed by atoms with Crippen molar-refractivity contribution in [3.05, 3.63) is 6.92 Å². The summed E-state index contributed by atoms with van der Waals surface area (Å²) in [5, 5.41) is 8.85. The lowest BCUT2D eigenvalue weighted by molar-refractivity contribution is 0.157. The molecule has 10 heavy (non-hydrogen) atoms. The number of likely N-dealkylation sites (N-methyl/N-ethyl adjacent to an activating group) is 1. The first kappa shape index (κ1) is 12.8. The Morgan fingerprint density at radius 1 is 1.50 bits per heavy atom. The Morgan fingerprint density at radius 3 is 2.00 bits per heavy atom. The molecule has 0 fully saturated rings. The molecule has 0 rings (SSSR count). The number of rotatable bonds is 3. The zero-order valence-electron chi connectivity index (χ0n) is 6.97. The van der Waals surface area contributed by atoms with Crippen LogP contribution in [-0.2, 0) is 0 Å². The average Bonchev–Trinajstić information content (AvgIpc) is 1.91. The topological polar surface area (TPSA) is 23.5 Å². The van der Waals surface area contributed by atoms with Crippen LogP contribution in [0.15, 0.2) is 0 Å². The fourth-order valence-electron chi connectivity index (χ4n) is 0.470. The molecule has 0 saturated heterocycles. The van der Waals surface area contributed by atoms with Gasteiger partial charge in [-0.25, -0.2) is 0 Å². The first-order valence-electron chi connectivity index (χ1n) is 3.26. The second kappa shape index (κ2) is 9.21. The lowest BCUT2D eigenvalue weighted by Gasteiger charge is -2.12. The zero-order valence-corrected chi connectivity index (χ0v) is 7.73. The lowest BCUT2D eigenvalue weighted by atomic mass is 10.4. The Morgan fingerprint density at radius 2 is 1.90 bits per heavy atom. The molecule has 1 unspecified atom stereocenters. The van der Waals surface area contributed by atoms with Gasteiger partial charge in [0.1, 0.15) is 0 Å². The molecular weight excluding hydrogens is 150 g/mol. The van der Waals surface area contributed by atoms with Crippen molar-refractivity contribution in [2.45, 2.75) is 13.0 Å². The van der Waals surface area contributed by atoms with E-state index < -0.39 is 0 Å². The highest BCUT2D eigenvalue weighted by Crippen LogP contribution is 1.87. The maximum absolute atomic E-state index is 8.85. The van der Waals surface area contributed by atoms with Crippen LogP contribution in [0.4, 0.5) is 0 Å². The molecule has 0 amide bonds. The molecule has 0 heterocycles. The summed E-state index contributed by atoms with van der Waals surface area (Å²) in [6.07, 6.45) is -0.383. The molecule has 0 aliphatic heterocycles. The predicted octanol–water partition coefficient (Wildman–Crippen LogP) is 0.988. The largest absolute Gasteiger partial charge is 0.391 e. The van der Waals surface area contributed by atoms with E-state index in [-0.39, 0.29) is 6.10 Å². The van der Waals surface area contributed by atoms with Gasteiger partial charge in [-0.15, -0.1) is 11.6 Å². The first-order valence-corrected chi connectivity index (χ1v) is 3.79. The molecule has 0 bridgehead atoms. The molecule has 1 radical (unpaired) electrons. The highest BCUT2D eigenvalue weighted by molar-refractivity contribution is 6.18. The molecule has 0 saturated carbocycles. The van der Waals surface area contributed by atoms with Crippen molar-refractivity contribution in [3.63, 3.8) is 0 Å². The summed E-state index contributed by atoms with van der Waals surface area (Å²) < 4.78 is 0. The van der Waals surface area contributed by atoms with E-state index >= 15 is 0 Å². The second-order valence-electron chi connectivity index (χ2n) is 2.07. The molecule has 0 spiro atoms. The van der Waals surface area contributed by atoms with E-state index in [1.807, 2.05) is 19.0 Å². The Bertz CT molecular complexity index is 59.6. The van der Waals surface area contributed by atoms with Crippen molar-refractivity contribution >= 4 is 11.6 Å². The number of aliphatic hydroxyl groups is 1. The molecule has 2 nitrogen and oxygen atoms in total. The van der Waals surface area contributed by atoms with Gasteiger partial charge in [0.15, 0.2) is 0 Å². The Hall–Kier alpha value is 0.210. The fourth-order valence-corrected chi connectivity index (χ4v) is 0.568. The smallest absolute Gasteiger partial charge is 0.0801 e. The molecule has 1 N–H and O–H groups in total. The van der Waals surface area contributed by atoms with E-state index in [9.17, 15) is 0 Å². The summed E-state index contributed by atoms with van der Waals surface area (Å²) in [6, 6.07) is 0. The third kappa shape index (κ3) is 11.1. The van der Waals surface area contributed by atoms with Crippen LogP contribution in [0.25, 0.3) is 0 Å². The summed E-state index contributed by atoms with van der Waals surface area (Å²) >= 11 is 5.32. The average molecular weight is 167 g/mol. The van der Waals surface area contributed by atoms with Gasteiger partial charge in [-0.3, -0.25) is 0 Å². The van der Waals surface area contributed by atoms with E-state index in [2.05, 4.69) is 6.92 Å². The van der Waals surface area contributed by atoms with Crippen LogP contribution in [0.2, 0.25) is 0 Å². The third-order valence-electron chi connectivity index (χ3n) is 0.754. The van der Waals surface area contributed by atoms with E-state index in [1.54, 1.807) is 6.92 Å². The van der Waals surface area contributed by atoms with Crippen LogP contribution < -0.4 is 0 Å². The minimum Gasteiger partial charge on any atom is -0.391 e. The molecule has 0 aliphatic rings. The minimum atomic E-state index is -0.383. The normalized spacial score (nSPS) is 12.3. The van der Waals surface area contributed by atoms with Gasteiger partial charge < -0.3 is 10.0 Å². The van der Waals surface area contributed by atoms with Crippen LogP contribution >= 0.6 is 11.6 Å². The molecule has 0 aromatic rings. The monoisotopic (exact) mass is 166 g/mol. The molecule has 3 heteroatoms. The van der Waals surface area contributed by atoms with Gasteiger partial charge in [0.05, 0.1) is 6.10 Å². The van der Waals surface area contributed by atoms with Crippen LogP contribution in [0.1, 0.15) is 6.92 Å². The second-order valence-corrected chi connectivity index (χ2v) is 2.38. The standard InChI is InChI=1S/C5H12ClNO.C2H5/c1-7(2)4-5(8)3-6;1-2/h5,8H,3-4H2,1-2H3;1H2,2H3. The van der Waals surface area contributed by atoms with Gasteiger partial charge in [0, 0.05) is 12.4 Å². The van der Waals surface area contributed by atoms with Crippen molar-refractivity contribution in [1.82, 2.24) is 4.90 Å². The number of alkyl halides is 1. The van der Waals surface area contributed by atoms with Crippen LogP contribution in [-0.4, -0.2) is 42.6 Å². The van der Waals surface area contributed by atoms with Gasteiger partial charge in [-0.1, -0.05) is 13.8 Å². The van der Waals surface area contributed by atoms with Crippen molar-refractivity contribution in [1.29, 1.82) is 0 Å². The van der Waals surface area contributed by atoms with E-state index in [0.29, 0.717) is 12.4 Å². The van der Waals surface area contributed by atoms with E-state index in [1.165, 1.54) is 0 Å². The van der Waals surface area contributed by atoms with Gasteiger partial charge in [-0.2, -0.15) is 0 Å². The molecular formula is C7H17ClNO. The number of aliphatic hydroxyl groups excluding tert-OH is 1. The van der Waals surface area contributed by atoms with Crippen LogP contribution in [0, 0.1) is 6.92 Å². The first-order chi connectivity index (χ1) is 4.66. The summed E-state index contributed by atoms with van der Waals surface area (Å²) in [7, 11) is 3.80. The zero-order chi connectivity index (χ0) is 8.57.